The smallest absolute Gasteiger partial charge is 0.413 e. The van der Waals surface area contributed by atoms with Crippen molar-refractivity contribution in [3.63, 3.8) is 0 Å². The van der Waals surface area contributed by atoms with Gasteiger partial charge in [-0.3, -0.25) is 9.59 Å². The van der Waals surface area contributed by atoms with Crippen LogP contribution in [0.15, 0.2) is 29.1 Å². The zero-order valence-corrected chi connectivity index (χ0v) is 28.8. The molecule has 0 saturated carbocycles. The summed E-state index contributed by atoms with van der Waals surface area (Å²) in [7, 11) is 9.17. The van der Waals surface area contributed by atoms with Crippen molar-refractivity contribution >= 4 is 12.1 Å². The number of nitrogens with zero attached hydrogens (tertiary/aromatic N) is 1. The average molecular weight is 678 g/mol. The molecule has 2 atom stereocenters. The Balaban J connectivity index is 1.67. The van der Waals surface area contributed by atoms with Crippen LogP contribution < -0.4 is 24.4 Å². The molecular weight excluding hydrogens is 630 g/mol. The fraction of sp³-hybridized carbons (Fsp3) is 0.559. The monoisotopic (exact) mass is 677 g/mol. The van der Waals surface area contributed by atoms with Gasteiger partial charge in [-0.05, 0) is 47.7 Å². The number of rotatable bonds is 19. The molecule has 14 heteroatoms. The molecule has 0 aromatic heterocycles. The molecule has 2 aromatic rings. The lowest BCUT2D eigenvalue weighted by atomic mass is 9.95. The Bertz CT molecular complexity index is 1420. The summed E-state index contributed by atoms with van der Waals surface area (Å²) >= 11 is 0. The SMILES string of the molecule is COCCOCCOCCOCCC(=O)OC(C)OC(=O)N(C)[C@H]1CCc2cc(OC)c(OC)c(OC)c2-c2ccc(OC)c(=O)cc21. The Morgan fingerprint density at radius 3 is 2.02 bits per heavy atom. The Labute approximate surface area is 281 Å². The summed E-state index contributed by atoms with van der Waals surface area (Å²) in [5, 5.41) is 0. The number of benzene rings is 1. The highest BCUT2D eigenvalue weighted by molar-refractivity contribution is 5.83. The Morgan fingerprint density at radius 1 is 0.792 bits per heavy atom. The van der Waals surface area contributed by atoms with Gasteiger partial charge in [0.25, 0.3) is 0 Å². The van der Waals surface area contributed by atoms with Crippen LogP contribution in [0.3, 0.4) is 0 Å². The second-order valence-electron chi connectivity index (χ2n) is 10.6. The largest absolute Gasteiger partial charge is 0.493 e. The maximum atomic E-state index is 13.4. The van der Waals surface area contributed by atoms with Crippen LogP contribution in [0.2, 0.25) is 0 Å². The van der Waals surface area contributed by atoms with Gasteiger partial charge in [-0.25, -0.2) is 4.79 Å². The number of carbonyl (C=O) groups is 2. The summed E-state index contributed by atoms with van der Waals surface area (Å²) < 4.78 is 54.1. The fourth-order valence-electron chi connectivity index (χ4n) is 5.31. The van der Waals surface area contributed by atoms with E-state index in [1.54, 1.807) is 26.3 Å². The van der Waals surface area contributed by atoms with E-state index < -0.39 is 24.4 Å². The van der Waals surface area contributed by atoms with Crippen LogP contribution in [-0.2, 0) is 39.6 Å². The van der Waals surface area contributed by atoms with Crippen molar-refractivity contribution in [2.45, 2.75) is 38.5 Å². The van der Waals surface area contributed by atoms with Gasteiger partial charge in [-0.1, -0.05) is 6.07 Å². The van der Waals surface area contributed by atoms with Crippen molar-refractivity contribution in [3.05, 3.63) is 45.6 Å². The van der Waals surface area contributed by atoms with Crippen LogP contribution in [0, 0.1) is 0 Å². The van der Waals surface area contributed by atoms with Crippen molar-refractivity contribution in [1.82, 2.24) is 4.90 Å². The average Bonchev–Trinajstić information content (AvgIpc) is 3.33. The predicted octanol–water partition coefficient (Wildman–Crippen LogP) is 3.78. The van der Waals surface area contributed by atoms with Crippen LogP contribution in [-0.4, -0.2) is 112 Å². The number of amides is 1. The van der Waals surface area contributed by atoms with Gasteiger partial charge in [0.2, 0.25) is 17.5 Å². The lowest BCUT2D eigenvalue weighted by molar-refractivity contribution is -0.167. The molecular formula is C34H47NO13. The minimum atomic E-state index is -1.17. The van der Waals surface area contributed by atoms with E-state index in [2.05, 4.69) is 0 Å². The van der Waals surface area contributed by atoms with Gasteiger partial charge in [-0.2, -0.15) is 0 Å². The summed E-state index contributed by atoms with van der Waals surface area (Å²) in [5.41, 5.74) is 2.41. The number of hydrogen-bond acceptors (Lipinski definition) is 13. The normalized spacial score (nSPS) is 14.1. The number of aryl methyl sites for hydroxylation is 1. The number of hydrogen-bond donors (Lipinski definition) is 0. The molecule has 0 N–H and O–H groups in total. The van der Waals surface area contributed by atoms with Crippen molar-refractivity contribution in [3.8, 4) is 34.1 Å². The number of fused-ring (bicyclic) bond motifs is 3. The summed E-state index contributed by atoms with van der Waals surface area (Å²) in [5.74, 6) is 0.846. The van der Waals surface area contributed by atoms with E-state index in [4.69, 9.17) is 47.4 Å². The molecule has 1 unspecified atom stereocenters. The van der Waals surface area contributed by atoms with Crippen LogP contribution in [0.5, 0.6) is 23.0 Å². The van der Waals surface area contributed by atoms with E-state index in [1.165, 1.54) is 46.3 Å². The minimum Gasteiger partial charge on any atom is -0.493 e. The Morgan fingerprint density at radius 2 is 1.42 bits per heavy atom. The Hall–Kier alpha value is -4.11. The second kappa shape index (κ2) is 19.6. The first-order chi connectivity index (χ1) is 23.2. The van der Waals surface area contributed by atoms with Crippen LogP contribution in [0.1, 0.15) is 36.9 Å². The highest BCUT2D eigenvalue weighted by atomic mass is 16.7. The molecule has 0 bridgehead atoms. The summed E-state index contributed by atoms with van der Waals surface area (Å²) in [4.78, 5) is 40.3. The van der Waals surface area contributed by atoms with Crippen LogP contribution >= 0.6 is 0 Å². The van der Waals surface area contributed by atoms with Crippen molar-refractivity contribution in [2.24, 2.45) is 0 Å². The zero-order valence-electron chi connectivity index (χ0n) is 28.8. The molecule has 0 radical (unpaired) electrons. The van der Waals surface area contributed by atoms with Crippen LogP contribution in [0.25, 0.3) is 11.1 Å². The van der Waals surface area contributed by atoms with Crippen molar-refractivity contribution in [1.29, 1.82) is 0 Å². The zero-order chi connectivity index (χ0) is 35.1. The molecule has 266 valence electrons. The highest BCUT2D eigenvalue weighted by Gasteiger charge is 2.33. The summed E-state index contributed by atoms with van der Waals surface area (Å²) in [6.45, 7) is 4.13. The molecule has 1 aliphatic carbocycles. The van der Waals surface area contributed by atoms with E-state index in [-0.39, 0.29) is 24.2 Å². The van der Waals surface area contributed by atoms with Gasteiger partial charge < -0.3 is 52.3 Å². The number of carbonyl (C=O) groups excluding carboxylic acids is 2. The van der Waals surface area contributed by atoms with E-state index >= 15 is 0 Å². The number of ether oxygens (including phenoxy) is 10. The molecule has 0 spiro atoms. The standard InChI is InChI=1S/C34H47NO13/c1-22(47-30(37)12-13-44-16-17-46-19-18-45-15-14-39-3)48-34(38)35(2)26-10-8-23-20-29(41-5)32(42-6)33(43-7)31(23)24-9-11-28(40-4)27(36)21-25(24)26/h9,11,20-22,26H,8,10,12-19H2,1-7H3/t22?,26-/m0/s1. The molecule has 1 aliphatic rings. The van der Waals surface area contributed by atoms with Crippen LogP contribution in [0.4, 0.5) is 4.79 Å². The van der Waals surface area contributed by atoms with E-state index in [0.29, 0.717) is 86.4 Å². The van der Waals surface area contributed by atoms with Gasteiger partial charge in [0, 0.05) is 26.6 Å². The third kappa shape index (κ3) is 10.2. The quantitative estimate of drug-likeness (QED) is 0.121. The first-order valence-electron chi connectivity index (χ1n) is 15.6. The molecule has 0 aliphatic heterocycles. The maximum absolute atomic E-state index is 13.4. The van der Waals surface area contributed by atoms with Gasteiger partial charge >= 0.3 is 12.1 Å². The lowest BCUT2D eigenvalue weighted by Crippen LogP contribution is -2.35. The molecule has 3 rings (SSSR count). The van der Waals surface area contributed by atoms with E-state index in [0.717, 1.165) is 5.56 Å². The molecule has 0 heterocycles. The first-order valence-corrected chi connectivity index (χ1v) is 15.6. The van der Waals surface area contributed by atoms with E-state index in [9.17, 15) is 14.4 Å². The summed E-state index contributed by atoms with van der Waals surface area (Å²) in [6, 6.07) is 6.06. The molecule has 1 amide bonds. The lowest BCUT2D eigenvalue weighted by Gasteiger charge is -2.28. The Kier molecular flexibility index (Phi) is 15.7. The van der Waals surface area contributed by atoms with E-state index in [1.807, 2.05) is 6.07 Å². The van der Waals surface area contributed by atoms with Gasteiger partial charge in [0.05, 0.1) is 87.2 Å². The molecule has 0 fully saturated rings. The summed E-state index contributed by atoms with van der Waals surface area (Å²) in [6.07, 6.45) is -1.04. The number of methoxy groups -OCH3 is 5. The molecule has 2 aromatic carbocycles. The predicted molar refractivity (Wildman–Crippen MR) is 174 cm³/mol. The third-order valence-corrected chi connectivity index (χ3v) is 7.63. The minimum absolute atomic E-state index is 0.0362. The molecule has 0 saturated heterocycles. The maximum Gasteiger partial charge on any atom is 0.413 e. The van der Waals surface area contributed by atoms with Crippen molar-refractivity contribution < 1.29 is 57.0 Å². The molecule has 48 heavy (non-hydrogen) atoms. The van der Waals surface area contributed by atoms with Crippen molar-refractivity contribution in [2.75, 3.05) is 88.8 Å². The fourth-order valence-corrected chi connectivity index (χ4v) is 5.31. The number of esters is 1. The highest BCUT2D eigenvalue weighted by Crippen LogP contribution is 2.50. The first kappa shape index (κ1) is 38.3. The topological polar surface area (TPSA) is 147 Å². The van der Waals surface area contributed by atoms with Gasteiger partial charge in [0.15, 0.2) is 17.2 Å². The second-order valence-corrected chi connectivity index (χ2v) is 10.6. The molecule has 14 nitrogen and oxygen atoms in total. The third-order valence-electron chi connectivity index (χ3n) is 7.63. The van der Waals surface area contributed by atoms with Gasteiger partial charge in [0.1, 0.15) is 0 Å². The van der Waals surface area contributed by atoms with Gasteiger partial charge in [-0.15, -0.1) is 0 Å².